The number of nitrogens with zero attached hydrogens (tertiary/aromatic N) is 2. The van der Waals surface area contributed by atoms with Crippen molar-refractivity contribution in [2.45, 2.75) is 36.6 Å². The number of nitro groups is 1. The summed E-state index contributed by atoms with van der Waals surface area (Å²) in [6, 6.07) is 4.15. The summed E-state index contributed by atoms with van der Waals surface area (Å²) in [4.78, 5) is 10.2. The Morgan fingerprint density at radius 2 is 1.92 bits per heavy atom. The lowest BCUT2D eigenvalue weighted by Gasteiger charge is -2.34. The summed E-state index contributed by atoms with van der Waals surface area (Å²) in [7, 11) is -3.89. The van der Waals surface area contributed by atoms with Crippen LogP contribution in [-0.2, 0) is 10.0 Å². The molecule has 0 aliphatic carbocycles. The second-order valence-corrected chi connectivity index (χ2v) is 8.66. The van der Waals surface area contributed by atoms with Gasteiger partial charge in [0.15, 0.2) is 4.90 Å². The van der Waals surface area contributed by atoms with Crippen molar-refractivity contribution in [3.63, 3.8) is 0 Å². The van der Waals surface area contributed by atoms with Crippen LogP contribution in [0.5, 0.6) is 0 Å². The van der Waals surface area contributed by atoms with Gasteiger partial charge in [0, 0.05) is 30.2 Å². The second kappa shape index (κ2) is 8.18. The van der Waals surface area contributed by atoms with Gasteiger partial charge in [-0.15, -0.1) is 12.4 Å². The predicted octanol–water partition coefficient (Wildman–Crippen LogP) is 2.82. The summed E-state index contributed by atoms with van der Waals surface area (Å²) in [5.41, 5.74) is -0.470. The number of nitro benzene ring substituents is 1. The minimum Gasteiger partial charge on any atom is -0.314 e. The van der Waals surface area contributed by atoms with E-state index in [1.807, 2.05) is 0 Å². The number of rotatable bonds is 4. The summed E-state index contributed by atoms with van der Waals surface area (Å²) in [5.74, 6) is 0.471. The van der Waals surface area contributed by atoms with Crippen LogP contribution in [0.25, 0.3) is 0 Å². The number of hydrogen-bond acceptors (Lipinski definition) is 5. The van der Waals surface area contributed by atoms with Gasteiger partial charge in [0.2, 0.25) is 10.0 Å². The molecule has 2 aliphatic rings. The molecule has 0 spiro atoms. The smallest absolute Gasteiger partial charge is 0.290 e. The fraction of sp³-hybridized carbons (Fsp3) is 0.600. The maximum Gasteiger partial charge on any atom is 0.290 e. The molecule has 7 nitrogen and oxygen atoms in total. The molecule has 2 aliphatic heterocycles. The molecule has 2 saturated heterocycles. The Morgan fingerprint density at radius 1 is 1.24 bits per heavy atom. The first kappa shape index (κ1) is 20.4. The number of benzene rings is 1. The van der Waals surface area contributed by atoms with Crippen molar-refractivity contribution in [2.24, 2.45) is 5.92 Å². The number of sulfonamides is 1. The molecular formula is C15H21Cl2N3O4S. The molecule has 0 saturated carbocycles. The molecule has 1 aromatic rings. The first-order chi connectivity index (χ1) is 11.4. The highest BCUT2D eigenvalue weighted by Gasteiger charge is 2.36. The summed E-state index contributed by atoms with van der Waals surface area (Å²) < 4.78 is 27.0. The lowest BCUT2D eigenvalue weighted by molar-refractivity contribution is -0.387. The monoisotopic (exact) mass is 409 g/mol. The van der Waals surface area contributed by atoms with Gasteiger partial charge >= 0.3 is 0 Å². The van der Waals surface area contributed by atoms with E-state index < -0.39 is 20.6 Å². The summed E-state index contributed by atoms with van der Waals surface area (Å²) in [5, 5.41) is 14.8. The number of hydrogen-bond donors (Lipinski definition) is 1. The average molecular weight is 410 g/mol. The van der Waals surface area contributed by atoms with E-state index in [0.717, 1.165) is 31.9 Å². The Kier molecular flexibility index (Phi) is 6.67. The quantitative estimate of drug-likeness (QED) is 0.609. The topological polar surface area (TPSA) is 92.5 Å². The lowest BCUT2D eigenvalue weighted by atomic mass is 9.89. The predicted molar refractivity (Wildman–Crippen MR) is 97.9 cm³/mol. The molecule has 10 heteroatoms. The normalized spacial score (nSPS) is 22.5. The molecule has 0 radical (unpaired) electrons. The van der Waals surface area contributed by atoms with Gasteiger partial charge < -0.3 is 5.32 Å². The van der Waals surface area contributed by atoms with Crippen LogP contribution in [0.3, 0.4) is 0 Å². The molecule has 1 aromatic carbocycles. The number of halogens is 2. The van der Waals surface area contributed by atoms with Crippen LogP contribution in [0.15, 0.2) is 23.1 Å². The highest BCUT2D eigenvalue weighted by molar-refractivity contribution is 7.89. The first-order valence-electron chi connectivity index (χ1n) is 8.07. The van der Waals surface area contributed by atoms with Crippen molar-refractivity contribution in [3.05, 3.63) is 33.3 Å². The zero-order chi connectivity index (χ0) is 17.3. The van der Waals surface area contributed by atoms with Gasteiger partial charge in [0.1, 0.15) is 0 Å². The first-order valence-corrected chi connectivity index (χ1v) is 9.89. The fourth-order valence-electron chi connectivity index (χ4n) is 3.62. The van der Waals surface area contributed by atoms with Crippen LogP contribution in [0.1, 0.15) is 25.7 Å². The van der Waals surface area contributed by atoms with Gasteiger partial charge in [-0.25, -0.2) is 8.42 Å². The molecule has 3 rings (SSSR count). The molecule has 25 heavy (non-hydrogen) atoms. The van der Waals surface area contributed by atoms with Gasteiger partial charge in [-0.2, -0.15) is 4.31 Å². The summed E-state index contributed by atoms with van der Waals surface area (Å²) >= 11 is 5.77. The van der Waals surface area contributed by atoms with Crippen molar-refractivity contribution in [3.8, 4) is 0 Å². The zero-order valence-electron chi connectivity index (χ0n) is 13.6. The third-order valence-electron chi connectivity index (χ3n) is 4.90. The van der Waals surface area contributed by atoms with Crippen molar-refractivity contribution >= 4 is 39.7 Å². The molecule has 1 unspecified atom stereocenters. The van der Waals surface area contributed by atoms with E-state index in [0.29, 0.717) is 25.0 Å². The minimum absolute atomic E-state index is 0. The van der Waals surface area contributed by atoms with Crippen molar-refractivity contribution < 1.29 is 13.3 Å². The van der Waals surface area contributed by atoms with E-state index in [4.69, 9.17) is 11.6 Å². The highest BCUT2D eigenvalue weighted by atomic mass is 35.5. The summed E-state index contributed by atoms with van der Waals surface area (Å²) in [6.07, 6.45) is 3.86. The maximum absolute atomic E-state index is 12.8. The average Bonchev–Trinajstić information content (AvgIpc) is 3.09. The number of nitrogens with one attached hydrogen (secondary N) is 1. The Hall–Kier alpha value is -0.930. The van der Waals surface area contributed by atoms with Crippen molar-refractivity contribution in [1.82, 2.24) is 9.62 Å². The van der Waals surface area contributed by atoms with Gasteiger partial charge in [0.05, 0.1) is 4.92 Å². The van der Waals surface area contributed by atoms with E-state index in [1.54, 1.807) is 0 Å². The lowest BCUT2D eigenvalue weighted by Crippen LogP contribution is -2.43. The van der Waals surface area contributed by atoms with E-state index in [-0.39, 0.29) is 22.3 Å². The molecule has 0 bridgehead atoms. The molecule has 1 atom stereocenters. The van der Waals surface area contributed by atoms with Crippen LogP contribution in [0.2, 0.25) is 5.02 Å². The maximum atomic E-state index is 12.8. The molecular weight excluding hydrogens is 389 g/mol. The molecule has 1 N–H and O–H groups in total. The van der Waals surface area contributed by atoms with Crippen LogP contribution >= 0.6 is 24.0 Å². The summed E-state index contributed by atoms with van der Waals surface area (Å²) in [6.45, 7) is 1.82. The van der Waals surface area contributed by atoms with E-state index in [2.05, 4.69) is 5.32 Å². The number of piperidine rings is 1. The Labute approximate surface area is 158 Å². The van der Waals surface area contributed by atoms with Crippen LogP contribution < -0.4 is 5.32 Å². The van der Waals surface area contributed by atoms with E-state index in [9.17, 15) is 18.5 Å². The van der Waals surface area contributed by atoms with Gasteiger partial charge in [-0.05, 0) is 50.3 Å². The van der Waals surface area contributed by atoms with Crippen LogP contribution in [-0.4, -0.2) is 43.3 Å². The Balaban J connectivity index is 0.00000225. The molecule has 2 fully saturated rings. The SMILES string of the molecule is Cl.O=[N+]([O-])c1cc(Cl)ccc1S(=O)(=O)N1CCC(C2CCCN2)CC1. The highest BCUT2D eigenvalue weighted by Crippen LogP contribution is 2.33. The van der Waals surface area contributed by atoms with E-state index in [1.165, 1.54) is 22.9 Å². The molecule has 140 valence electrons. The standard InChI is InChI=1S/C15H20ClN3O4S.ClH/c16-12-3-4-15(14(10-12)19(20)21)24(22,23)18-8-5-11(6-9-18)13-2-1-7-17-13;/h3-4,10-11,13,17H,1-2,5-9H2;1H. The third kappa shape index (κ3) is 4.25. The van der Waals surface area contributed by atoms with Gasteiger partial charge in [-0.1, -0.05) is 11.6 Å². The molecule has 0 amide bonds. The Morgan fingerprint density at radius 3 is 2.48 bits per heavy atom. The molecule has 0 aromatic heterocycles. The fourth-order valence-corrected chi connectivity index (χ4v) is 5.40. The van der Waals surface area contributed by atoms with E-state index >= 15 is 0 Å². The minimum atomic E-state index is -3.89. The van der Waals surface area contributed by atoms with Crippen LogP contribution in [0.4, 0.5) is 5.69 Å². The van der Waals surface area contributed by atoms with Gasteiger partial charge in [-0.3, -0.25) is 10.1 Å². The van der Waals surface area contributed by atoms with Crippen molar-refractivity contribution in [2.75, 3.05) is 19.6 Å². The van der Waals surface area contributed by atoms with Gasteiger partial charge in [0.25, 0.3) is 5.69 Å². The third-order valence-corrected chi connectivity index (χ3v) is 7.08. The van der Waals surface area contributed by atoms with Crippen LogP contribution in [0, 0.1) is 16.0 Å². The second-order valence-electron chi connectivity index (χ2n) is 6.31. The largest absolute Gasteiger partial charge is 0.314 e. The van der Waals surface area contributed by atoms with Crippen molar-refractivity contribution in [1.29, 1.82) is 0 Å². The zero-order valence-corrected chi connectivity index (χ0v) is 15.9. The Bertz CT molecular complexity index is 730. The molecule has 2 heterocycles.